The average Bonchev–Trinajstić information content (AvgIpc) is 2.99. The summed E-state index contributed by atoms with van der Waals surface area (Å²) in [5.74, 6) is -0.582. The largest absolute Gasteiger partial charge is 0.342 e. The molecule has 0 unspecified atom stereocenters. The van der Waals surface area contributed by atoms with Crippen LogP contribution in [0.1, 0.15) is 25.0 Å². The Balaban J connectivity index is 2.03. The number of rotatable bonds is 7. The number of amides is 1. The van der Waals surface area contributed by atoms with Crippen molar-refractivity contribution in [1.82, 2.24) is 14.7 Å². The van der Waals surface area contributed by atoms with Crippen LogP contribution in [0.25, 0.3) is 0 Å². The molecule has 1 heterocycles. The molecule has 1 amide bonds. The van der Waals surface area contributed by atoms with Gasteiger partial charge in [0.25, 0.3) is 20.0 Å². The van der Waals surface area contributed by atoms with Crippen molar-refractivity contribution in [2.75, 3.05) is 19.6 Å². The van der Waals surface area contributed by atoms with E-state index in [-0.39, 0.29) is 21.2 Å². The van der Waals surface area contributed by atoms with Crippen molar-refractivity contribution in [3.63, 3.8) is 0 Å². The second kappa shape index (κ2) is 8.77. The van der Waals surface area contributed by atoms with Crippen LogP contribution < -0.4 is 5.43 Å². The van der Waals surface area contributed by atoms with Crippen LogP contribution in [-0.4, -0.2) is 57.5 Å². The van der Waals surface area contributed by atoms with Gasteiger partial charge in [-0.25, -0.2) is 8.42 Å². The standard InChI is InChI=1S/C20H24N4O5S2/c1-4-23(5-2)19(25)14-24(31(28,29)16-12-10-15(3)11-13-16)21-20-17-8-6-7-9-18(17)30(26,27)22-20/h6-13H,4-5,14H2,1-3H3,(H,21,22). The maximum Gasteiger partial charge on any atom is 0.285 e. The molecule has 166 valence electrons. The van der Waals surface area contributed by atoms with Crippen molar-refractivity contribution >= 4 is 31.8 Å². The molecule has 0 bridgehead atoms. The highest BCUT2D eigenvalue weighted by molar-refractivity contribution is 7.91. The monoisotopic (exact) mass is 464 g/mol. The zero-order valence-corrected chi connectivity index (χ0v) is 19.1. The molecule has 2 aromatic carbocycles. The van der Waals surface area contributed by atoms with E-state index in [2.05, 4.69) is 9.82 Å². The van der Waals surface area contributed by atoms with E-state index >= 15 is 0 Å². The first-order valence-electron chi connectivity index (χ1n) is 9.68. The van der Waals surface area contributed by atoms with Gasteiger partial charge in [0.1, 0.15) is 11.4 Å². The SMILES string of the molecule is CCN(CC)C(=O)CN(NC1=NS(=O)(=O)c2ccccc21)S(=O)(=O)c1ccc(C)cc1. The van der Waals surface area contributed by atoms with Gasteiger partial charge >= 0.3 is 0 Å². The Morgan fingerprint density at radius 2 is 1.65 bits per heavy atom. The number of hydrazine groups is 1. The van der Waals surface area contributed by atoms with E-state index in [1.807, 2.05) is 6.92 Å². The van der Waals surface area contributed by atoms with Crippen molar-refractivity contribution in [2.24, 2.45) is 4.40 Å². The number of fused-ring (bicyclic) bond motifs is 1. The van der Waals surface area contributed by atoms with Crippen LogP contribution in [-0.2, 0) is 24.8 Å². The number of hydrogen-bond acceptors (Lipinski definition) is 6. The molecule has 9 nitrogen and oxygen atoms in total. The van der Waals surface area contributed by atoms with Gasteiger partial charge in [-0.15, -0.1) is 8.81 Å². The Morgan fingerprint density at radius 1 is 1.03 bits per heavy atom. The molecule has 0 saturated carbocycles. The van der Waals surface area contributed by atoms with Gasteiger partial charge in [-0.3, -0.25) is 10.2 Å². The third-order valence-electron chi connectivity index (χ3n) is 4.87. The van der Waals surface area contributed by atoms with Crippen molar-refractivity contribution in [2.45, 2.75) is 30.6 Å². The molecule has 0 saturated heterocycles. The Hall–Kier alpha value is -2.76. The van der Waals surface area contributed by atoms with Crippen LogP contribution >= 0.6 is 0 Å². The molecule has 2 aromatic rings. The third kappa shape index (κ3) is 4.63. The molecule has 0 atom stereocenters. The molecule has 0 spiro atoms. The van der Waals surface area contributed by atoms with E-state index in [1.165, 1.54) is 29.2 Å². The zero-order valence-electron chi connectivity index (χ0n) is 17.4. The number of amidine groups is 1. The molecule has 1 aliphatic heterocycles. The van der Waals surface area contributed by atoms with Gasteiger partial charge in [0.05, 0.1) is 4.90 Å². The Labute approximate surface area is 182 Å². The lowest BCUT2D eigenvalue weighted by atomic mass is 10.2. The Kier molecular flexibility index (Phi) is 6.48. The summed E-state index contributed by atoms with van der Waals surface area (Å²) < 4.78 is 55.8. The summed E-state index contributed by atoms with van der Waals surface area (Å²) in [6.07, 6.45) is 0. The summed E-state index contributed by atoms with van der Waals surface area (Å²) in [5, 5.41) is 0. The number of sulfonamides is 2. The van der Waals surface area contributed by atoms with Gasteiger partial charge in [0.15, 0.2) is 5.84 Å². The van der Waals surface area contributed by atoms with Crippen LogP contribution in [0.4, 0.5) is 0 Å². The molecule has 0 radical (unpaired) electrons. The van der Waals surface area contributed by atoms with Crippen LogP contribution in [0, 0.1) is 6.92 Å². The number of benzene rings is 2. The minimum atomic E-state index is -4.19. The van der Waals surface area contributed by atoms with Crippen LogP contribution in [0.3, 0.4) is 0 Å². The van der Waals surface area contributed by atoms with Crippen LogP contribution in [0.5, 0.6) is 0 Å². The lowest BCUT2D eigenvalue weighted by molar-refractivity contribution is -0.131. The van der Waals surface area contributed by atoms with Crippen molar-refractivity contribution in [1.29, 1.82) is 0 Å². The maximum atomic E-state index is 13.3. The predicted octanol–water partition coefficient (Wildman–Crippen LogP) is 1.51. The second-order valence-electron chi connectivity index (χ2n) is 6.91. The number of aryl methyl sites for hydroxylation is 1. The van der Waals surface area contributed by atoms with Gasteiger partial charge in [-0.2, -0.15) is 8.42 Å². The molecule has 0 fully saturated rings. The molecule has 3 rings (SSSR count). The summed E-state index contributed by atoms with van der Waals surface area (Å²) in [5.41, 5.74) is 3.69. The van der Waals surface area contributed by atoms with Gasteiger partial charge in [-0.05, 0) is 45.0 Å². The van der Waals surface area contributed by atoms with Crippen LogP contribution in [0.15, 0.2) is 62.7 Å². The fraction of sp³-hybridized carbons (Fsp3) is 0.300. The van der Waals surface area contributed by atoms with Crippen molar-refractivity contribution in [3.05, 3.63) is 59.7 Å². The molecule has 0 aliphatic carbocycles. The molecule has 1 aliphatic rings. The summed E-state index contributed by atoms with van der Waals surface area (Å²) in [6, 6.07) is 12.2. The fourth-order valence-corrected chi connectivity index (χ4v) is 5.52. The molecular weight excluding hydrogens is 440 g/mol. The lowest BCUT2D eigenvalue weighted by Gasteiger charge is -2.26. The topological polar surface area (TPSA) is 116 Å². The Morgan fingerprint density at radius 3 is 2.26 bits per heavy atom. The van der Waals surface area contributed by atoms with Crippen molar-refractivity contribution < 1.29 is 21.6 Å². The second-order valence-corrected chi connectivity index (χ2v) is 10.3. The first-order valence-corrected chi connectivity index (χ1v) is 12.6. The highest BCUT2D eigenvalue weighted by Crippen LogP contribution is 2.26. The first-order chi connectivity index (χ1) is 14.6. The minimum Gasteiger partial charge on any atom is -0.342 e. The highest BCUT2D eigenvalue weighted by atomic mass is 32.2. The van der Waals surface area contributed by atoms with Gasteiger partial charge in [0, 0.05) is 18.7 Å². The average molecular weight is 465 g/mol. The number of nitrogens with one attached hydrogen (secondary N) is 1. The molecule has 0 aromatic heterocycles. The van der Waals surface area contributed by atoms with E-state index in [1.54, 1.807) is 38.1 Å². The minimum absolute atomic E-state index is 0.0275. The van der Waals surface area contributed by atoms with Gasteiger partial charge < -0.3 is 4.90 Å². The van der Waals surface area contributed by atoms with E-state index in [9.17, 15) is 21.6 Å². The lowest BCUT2D eigenvalue weighted by Crippen LogP contribution is -2.51. The quantitative estimate of drug-likeness (QED) is 0.621. The third-order valence-corrected chi connectivity index (χ3v) is 7.87. The smallest absolute Gasteiger partial charge is 0.285 e. The van der Waals surface area contributed by atoms with Crippen molar-refractivity contribution in [3.8, 4) is 0 Å². The summed E-state index contributed by atoms with van der Waals surface area (Å²) >= 11 is 0. The highest BCUT2D eigenvalue weighted by Gasteiger charge is 2.34. The normalized spacial score (nSPS) is 14.8. The van der Waals surface area contributed by atoms with Gasteiger partial charge in [-0.1, -0.05) is 29.8 Å². The number of nitrogens with zero attached hydrogens (tertiary/aromatic N) is 3. The van der Waals surface area contributed by atoms with Gasteiger partial charge in [0.2, 0.25) is 5.91 Å². The number of likely N-dealkylation sites (N-methyl/N-ethyl adjacent to an activating group) is 1. The number of hydrogen-bond donors (Lipinski definition) is 1. The summed E-state index contributed by atoms with van der Waals surface area (Å²) in [4.78, 5) is 14.1. The molecule has 31 heavy (non-hydrogen) atoms. The summed E-state index contributed by atoms with van der Waals surface area (Å²) in [7, 11) is -8.15. The molecular formula is C20H24N4O5S2. The molecule has 1 N–H and O–H groups in total. The molecule has 11 heteroatoms. The first kappa shape index (κ1) is 22.9. The van der Waals surface area contributed by atoms with E-state index in [4.69, 9.17) is 0 Å². The van der Waals surface area contributed by atoms with E-state index in [0.717, 1.165) is 9.98 Å². The fourth-order valence-electron chi connectivity index (χ4n) is 3.13. The maximum absolute atomic E-state index is 13.3. The summed E-state index contributed by atoms with van der Waals surface area (Å²) in [6.45, 7) is 5.69. The Bertz CT molecular complexity index is 1220. The van der Waals surface area contributed by atoms with Crippen LogP contribution in [0.2, 0.25) is 0 Å². The van der Waals surface area contributed by atoms with E-state index in [0.29, 0.717) is 13.1 Å². The predicted molar refractivity (Wildman–Crippen MR) is 116 cm³/mol. The zero-order chi connectivity index (χ0) is 22.8. The number of carbonyl (C=O) groups excluding carboxylic acids is 1. The van der Waals surface area contributed by atoms with E-state index < -0.39 is 32.5 Å². The number of carbonyl (C=O) groups is 1.